The largest absolute Gasteiger partial charge is 0.379 e. The highest BCUT2D eigenvalue weighted by atomic mass is 16.5. The minimum absolute atomic E-state index is 0.0263. The lowest BCUT2D eigenvalue weighted by Crippen LogP contribution is -2.57. The normalized spacial score (nSPS) is 19.7. The van der Waals surface area contributed by atoms with Crippen molar-refractivity contribution >= 4 is 11.7 Å². The van der Waals surface area contributed by atoms with Gasteiger partial charge in [-0.2, -0.15) is 0 Å². The van der Waals surface area contributed by atoms with Gasteiger partial charge in [0.25, 0.3) is 0 Å². The lowest BCUT2D eigenvalue weighted by atomic mass is 10.1. The molecular formula is C17H25N3O3. The first-order valence-electron chi connectivity index (χ1n) is 8.23. The highest BCUT2D eigenvalue weighted by molar-refractivity contribution is 5.91. The molecule has 0 spiro atoms. The summed E-state index contributed by atoms with van der Waals surface area (Å²) < 4.78 is 10.8. The molecule has 6 heteroatoms. The quantitative estimate of drug-likeness (QED) is 0.834. The number of hydrogen-bond acceptors (Lipinski definition) is 4. The number of urea groups is 1. The maximum Gasteiger partial charge on any atom is 0.339 e. The molecule has 2 saturated heterocycles. The van der Waals surface area contributed by atoms with E-state index in [-0.39, 0.29) is 6.03 Å². The summed E-state index contributed by atoms with van der Waals surface area (Å²) in [6.45, 7) is 9.42. The number of carbonyl (C=O) groups is 1. The number of hydrazine groups is 1. The van der Waals surface area contributed by atoms with Crippen LogP contribution in [-0.4, -0.2) is 68.5 Å². The van der Waals surface area contributed by atoms with Crippen LogP contribution in [-0.2, 0) is 9.47 Å². The maximum absolute atomic E-state index is 13.1. The van der Waals surface area contributed by atoms with Crippen LogP contribution in [0.3, 0.4) is 0 Å². The van der Waals surface area contributed by atoms with E-state index in [0.29, 0.717) is 39.5 Å². The molecule has 2 aliphatic rings. The number of benzene rings is 1. The molecule has 0 aliphatic carbocycles. The number of rotatable bonds is 2. The summed E-state index contributed by atoms with van der Waals surface area (Å²) in [5, 5.41) is 3.91. The van der Waals surface area contributed by atoms with Gasteiger partial charge in [-0.1, -0.05) is 6.07 Å². The zero-order chi connectivity index (χ0) is 16.2. The molecule has 1 aromatic carbocycles. The van der Waals surface area contributed by atoms with Gasteiger partial charge in [0.1, 0.15) is 0 Å². The Balaban J connectivity index is 1.88. The summed E-state index contributed by atoms with van der Waals surface area (Å²) in [4.78, 5) is 15.0. The van der Waals surface area contributed by atoms with Gasteiger partial charge in [-0.15, -0.1) is 0 Å². The van der Waals surface area contributed by atoms with E-state index in [1.807, 2.05) is 16.0 Å². The Morgan fingerprint density at radius 3 is 2.17 bits per heavy atom. The average molecular weight is 319 g/mol. The second-order valence-electron chi connectivity index (χ2n) is 6.03. The smallest absolute Gasteiger partial charge is 0.339 e. The van der Waals surface area contributed by atoms with Crippen molar-refractivity contribution in [2.45, 2.75) is 13.8 Å². The van der Waals surface area contributed by atoms with E-state index in [4.69, 9.17) is 9.47 Å². The summed E-state index contributed by atoms with van der Waals surface area (Å²) in [7, 11) is 0. The van der Waals surface area contributed by atoms with Gasteiger partial charge in [0, 0.05) is 26.2 Å². The Morgan fingerprint density at radius 2 is 1.57 bits per heavy atom. The fourth-order valence-corrected chi connectivity index (χ4v) is 2.89. The van der Waals surface area contributed by atoms with Gasteiger partial charge in [0.05, 0.1) is 32.1 Å². The standard InChI is InChI=1S/C17H25N3O3/c1-14-3-4-16(13-15(14)2)20(19-7-11-23-12-8-19)17(21)18-5-9-22-10-6-18/h3-4,13H,5-12H2,1-2H3. The van der Waals surface area contributed by atoms with E-state index < -0.39 is 0 Å². The van der Waals surface area contributed by atoms with Crippen LogP contribution < -0.4 is 5.01 Å². The van der Waals surface area contributed by atoms with Crippen LogP contribution in [0, 0.1) is 13.8 Å². The molecule has 2 heterocycles. The third-order valence-electron chi connectivity index (χ3n) is 4.47. The number of nitrogens with zero attached hydrogens (tertiary/aromatic N) is 3. The third kappa shape index (κ3) is 3.65. The van der Waals surface area contributed by atoms with Gasteiger partial charge < -0.3 is 14.4 Å². The number of aryl methyl sites for hydroxylation is 2. The highest BCUT2D eigenvalue weighted by Crippen LogP contribution is 2.23. The molecule has 0 saturated carbocycles. The number of hydrogen-bond donors (Lipinski definition) is 0. The van der Waals surface area contributed by atoms with E-state index >= 15 is 0 Å². The van der Waals surface area contributed by atoms with Crippen LogP contribution in [0.1, 0.15) is 11.1 Å². The number of amides is 2. The number of anilines is 1. The number of ether oxygens (including phenoxy) is 2. The Kier molecular flexibility index (Phi) is 5.15. The highest BCUT2D eigenvalue weighted by Gasteiger charge is 2.30. The molecule has 0 unspecified atom stereocenters. The van der Waals surface area contributed by atoms with Crippen molar-refractivity contribution < 1.29 is 14.3 Å². The second-order valence-corrected chi connectivity index (χ2v) is 6.03. The summed E-state index contributed by atoms with van der Waals surface area (Å²) in [6, 6.07) is 6.21. The fourth-order valence-electron chi connectivity index (χ4n) is 2.89. The van der Waals surface area contributed by atoms with Crippen molar-refractivity contribution in [2.24, 2.45) is 0 Å². The lowest BCUT2D eigenvalue weighted by molar-refractivity contribution is 0.0251. The van der Waals surface area contributed by atoms with Gasteiger partial charge in [-0.05, 0) is 37.1 Å². The van der Waals surface area contributed by atoms with Crippen LogP contribution >= 0.6 is 0 Å². The molecule has 0 aromatic heterocycles. The van der Waals surface area contributed by atoms with E-state index in [9.17, 15) is 4.79 Å². The number of carbonyl (C=O) groups excluding carboxylic acids is 1. The van der Waals surface area contributed by atoms with Crippen LogP contribution in [0.4, 0.5) is 10.5 Å². The van der Waals surface area contributed by atoms with E-state index in [2.05, 4.69) is 31.0 Å². The molecule has 1 aromatic rings. The van der Waals surface area contributed by atoms with Crippen LogP contribution in [0.15, 0.2) is 18.2 Å². The lowest BCUT2D eigenvalue weighted by Gasteiger charge is -2.40. The Bertz CT molecular complexity index is 552. The van der Waals surface area contributed by atoms with Crippen molar-refractivity contribution in [3.63, 3.8) is 0 Å². The molecule has 3 rings (SSSR count). The summed E-state index contributed by atoms with van der Waals surface area (Å²) in [6.07, 6.45) is 0. The van der Waals surface area contributed by atoms with Crippen molar-refractivity contribution in [3.8, 4) is 0 Å². The summed E-state index contributed by atoms with van der Waals surface area (Å²) in [5.74, 6) is 0. The van der Waals surface area contributed by atoms with Gasteiger partial charge >= 0.3 is 6.03 Å². The van der Waals surface area contributed by atoms with Gasteiger partial charge in [-0.25, -0.2) is 14.8 Å². The Labute approximate surface area is 137 Å². The van der Waals surface area contributed by atoms with Gasteiger partial charge in [0.15, 0.2) is 0 Å². The number of morpholine rings is 2. The van der Waals surface area contributed by atoms with E-state index in [1.54, 1.807) is 0 Å². The predicted molar refractivity (Wildman–Crippen MR) is 88.6 cm³/mol. The van der Waals surface area contributed by atoms with E-state index in [0.717, 1.165) is 18.8 Å². The molecular weight excluding hydrogens is 294 g/mol. The molecule has 2 amide bonds. The van der Waals surface area contributed by atoms with E-state index in [1.165, 1.54) is 11.1 Å². The van der Waals surface area contributed by atoms with Crippen molar-refractivity contribution in [1.82, 2.24) is 9.91 Å². The molecule has 0 N–H and O–H groups in total. The maximum atomic E-state index is 13.1. The first kappa shape index (κ1) is 16.2. The fraction of sp³-hybridized carbons (Fsp3) is 0.588. The van der Waals surface area contributed by atoms with Crippen LogP contribution in [0.25, 0.3) is 0 Å². The van der Waals surface area contributed by atoms with Gasteiger partial charge in [-0.3, -0.25) is 0 Å². The minimum atomic E-state index is 0.0263. The molecule has 2 aliphatic heterocycles. The van der Waals surface area contributed by atoms with Crippen molar-refractivity contribution in [2.75, 3.05) is 57.6 Å². The van der Waals surface area contributed by atoms with Crippen molar-refractivity contribution in [3.05, 3.63) is 29.3 Å². The van der Waals surface area contributed by atoms with Gasteiger partial charge in [0.2, 0.25) is 0 Å². The minimum Gasteiger partial charge on any atom is -0.379 e. The monoisotopic (exact) mass is 319 g/mol. The second kappa shape index (κ2) is 7.29. The predicted octanol–water partition coefficient (Wildman–Crippen LogP) is 1.81. The van der Waals surface area contributed by atoms with Crippen LogP contribution in [0.2, 0.25) is 0 Å². The summed E-state index contributed by atoms with van der Waals surface area (Å²) in [5.41, 5.74) is 3.34. The summed E-state index contributed by atoms with van der Waals surface area (Å²) >= 11 is 0. The molecule has 0 atom stereocenters. The first-order chi connectivity index (χ1) is 11.2. The molecule has 0 radical (unpaired) electrons. The Morgan fingerprint density at radius 1 is 0.957 bits per heavy atom. The third-order valence-corrected chi connectivity index (χ3v) is 4.47. The van der Waals surface area contributed by atoms with Crippen LogP contribution in [0.5, 0.6) is 0 Å². The first-order valence-corrected chi connectivity index (χ1v) is 8.23. The SMILES string of the molecule is Cc1ccc(N(C(=O)N2CCOCC2)N2CCOCC2)cc1C. The molecule has 126 valence electrons. The zero-order valence-electron chi connectivity index (χ0n) is 14.0. The Hall–Kier alpha value is -1.63. The average Bonchev–Trinajstić information content (AvgIpc) is 2.60. The molecule has 6 nitrogen and oxygen atoms in total. The zero-order valence-corrected chi connectivity index (χ0v) is 14.0. The molecule has 23 heavy (non-hydrogen) atoms. The molecule has 0 bridgehead atoms. The topological polar surface area (TPSA) is 45.2 Å². The molecule has 2 fully saturated rings. The van der Waals surface area contributed by atoms with Crippen molar-refractivity contribution in [1.29, 1.82) is 0 Å².